The van der Waals surface area contributed by atoms with Crippen LogP contribution >= 0.6 is 46.6 Å². The predicted octanol–water partition coefficient (Wildman–Crippen LogP) is 4.35. The highest BCUT2D eigenvalue weighted by atomic mass is 35.6. The van der Waals surface area contributed by atoms with Crippen LogP contribution in [0.3, 0.4) is 0 Å². The zero-order valence-electron chi connectivity index (χ0n) is 20.1. The Morgan fingerprint density at radius 1 is 1.24 bits per heavy atom. The summed E-state index contributed by atoms with van der Waals surface area (Å²) in [4.78, 5) is 60.0. The molecule has 2 N–H and O–H groups in total. The van der Waals surface area contributed by atoms with Gasteiger partial charge in [0, 0.05) is 17.9 Å². The Kier molecular flexibility index (Phi) is 8.07. The Morgan fingerprint density at radius 3 is 2.46 bits per heavy atom. The molecule has 2 fully saturated rings. The molecule has 37 heavy (non-hydrogen) atoms. The van der Waals surface area contributed by atoms with Crippen molar-refractivity contribution in [3.63, 3.8) is 0 Å². The lowest BCUT2D eigenvalue weighted by molar-refractivity contribution is -0.170. The summed E-state index contributed by atoms with van der Waals surface area (Å²) in [5.41, 5.74) is -0.882. The SMILES string of the molecule is CC1=C(C(=O)ON)N2C(=O)C(CC(Cl)(Cl)Cl)(C(=O)CN(C(=O)OC(C)C3CC3)c3ccccc3)[C@@H]2SC1. The van der Waals surface area contributed by atoms with Crippen LogP contribution in [0.5, 0.6) is 0 Å². The number of alkyl halides is 3. The summed E-state index contributed by atoms with van der Waals surface area (Å²) >= 11 is 19.6. The van der Waals surface area contributed by atoms with E-state index in [1.165, 1.54) is 16.7 Å². The molecular formula is C24H26Cl3N3O6S. The largest absolute Gasteiger partial charge is 0.446 e. The third kappa shape index (κ3) is 5.45. The molecule has 0 bridgehead atoms. The molecule has 1 aliphatic carbocycles. The van der Waals surface area contributed by atoms with Gasteiger partial charge in [-0.05, 0) is 50.3 Å². The molecule has 3 atom stereocenters. The number of carbonyl (C=O) groups is 4. The maximum absolute atomic E-state index is 14.0. The molecule has 200 valence electrons. The van der Waals surface area contributed by atoms with Crippen LogP contribution in [0.4, 0.5) is 10.5 Å². The number of fused-ring (bicyclic) bond motifs is 1. The zero-order chi connectivity index (χ0) is 27.1. The summed E-state index contributed by atoms with van der Waals surface area (Å²) in [7, 11) is 0. The summed E-state index contributed by atoms with van der Waals surface area (Å²) in [5.74, 6) is 3.40. The van der Waals surface area contributed by atoms with Crippen LogP contribution in [-0.2, 0) is 24.0 Å². The first-order valence-corrected chi connectivity index (χ1v) is 13.8. The Labute approximate surface area is 233 Å². The number of β-lactam (4-membered cyclic amide) rings is 1. The molecule has 0 radical (unpaired) electrons. The molecule has 3 aliphatic rings. The quantitative estimate of drug-likeness (QED) is 0.205. The highest BCUT2D eigenvalue weighted by molar-refractivity contribution is 8.00. The molecule has 1 aromatic rings. The van der Waals surface area contributed by atoms with Gasteiger partial charge < -0.3 is 9.57 Å². The Morgan fingerprint density at radius 2 is 1.89 bits per heavy atom. The van der Waals surface area contributed by atoms with Crippen molar-refractivity contribution in [1.29, 1.82) is 0 Å². The highest BCUT2D eigenvalue weighted by Crippen LogP contribution is 2.57. The van der Waals surface area contributed by atoms with Gasteiger partial charge in [0.25, 0.3) is 0 Å². The van der Waals surface area contributed by atoms with Crippen molar-refractivity contribution >= 4 is 76.0 Å². The Bertz CT molecular complexity index is 1140. The first-order chi connectivity index (χ1) is 17.4. The number of hydrogen-bond donors (Lipinski definition) is 1. The van der Waals surface area contributed by atoms with Gasteiger partial charge in [0.2, 0.25) is 5.91 Å². The molecule has 2 heterocycles. The molecule has 1 saturated heterocycles. The number of carbonyl (C=O) groups excluding carboxylic acids is 4. The monoisotopic (exact) mass is 589 g/mol. The van der Waals surface area contributed by atoms with E-state index >= 15 is 0 Å². The first kappa shape index (κ1) is 28.0. The van der Waals surface area contributed by atoms with Crippen LogP contribution in [0.2, 0.25) is 0 Å². The number of hydrogen-bond acceptors (Lipinski definition) is 8. The minimum Gasteiger partial charge on any atom is -0.446 e. The first-order valence-electron chi connectivity index (χ1n) is 11.6. The smallest absolute Gasteiger partial charge is 0.414 e. The van der Waals surface area contributed by atoms with Crippen molar-refractivity contribution in [3.05, 3.63) is 41.6 Å². The van der Waals surface area contributed by atoms with Gasteiger partial charge in [0.15, 0.2) is 9.58 Å². The molecule has 1 saturated carbocycles. The number of halogens is 3. The zero-order valence-corrected chi connectivity index (χ0v) is 23.2. The second-order valence-corrected chi connectivity index (χ2v) is 13.0. The Balaban J connectivity index is 1.67. The van der Waals surface area contributed by atoms with Gasteiger partial charge in [0.1, 0.15) is 22.6 Å². The van der Waals surface area contributed by atoms with E-state index in [0.29, 0.717) is 17.0 Å². The maximum atomic E-state index is 14.0. The van der Waals surface area contributed by atoms with Crippen LogP contribution in [0.15, 0.2) is 41.6 Å². The average Bonchev–Trinajstić information content (AvgIpc) is 3.70. The average molecular weight is 591 g/mol. The Hall–Kier alpha value is -1.98. The van der Waals surface area contributed by atoms with Gasteiger partial charge in [-0.2, -0.15) is 5.90 Å². The number of nitrogens with zero attached hydrogens (tertiary/aromatic N) is 2. The van der Waals surface area contributed by atoms with Crippen LogP contribution in [0.25, 0.3) is 0 Å². The van der Waals surface area contributed by atoms with Crippen molar-refractivity contribution in [2.24, 2.45) is 17.2 Å². The molecule has 2 aliphatic heterocycles. The second kappa shape index (κ2) is 10.6. The third-order valence-corrected chi connectivity index (χ3v) is 8.73. The van der Waals surface area contributed by atoms with Gasteiger partial charge in [-0.1, -0.05) is 53.0 Å². The fourth-order valence-electron chi connectivity index (χ4n) is 4.70. The standard InChI is InChI=1S/C24H26Cl3N3O6S/c1-13-11-37-21-23(12-24(25,26)27,20(33)30(21)18(13)19(32)36-28)17(31)10-29(16-6-4-3-5-7-16)22(34)35-14(2)15-8-9-15/h3-7,14-15,21H,8-12,28H2,1-2H3/t14?,21-,23?/m0/s1. The van der Waals surface area contributed by atoms with Crippen LogP contribution < -0.4 is 10.8 Å². The van der Waals surface area contributed by atoms with E-state index in [1.807, 2.05) is 6.92 Å². The van der Waals surface area contributed by atoms with E-state index in [-0.39, 0.29) is 17.7 Å². The molecular weight excluding hydrogens is 565 g/mol. The summed E-state index contributed by atoms with van der Waals surface area (Å²) in [6, 6.07) is 8.51. The van der Waals surface area contributed by atoms with E-state index < -0.39 is 51.3 Å². The lowest BCUT2D eigenvalue weighted by Gasteiger charge is -2.57. The minimum atomic E-state index is -1.97. The predicted molar refractivity (Wildman–Crippen MR) is 141 cm³/mol. The van der Waals surface area contributed by atoms with Crippen molar-refractivity contribution in [1.82, 2.24) is 4.90 Å². The highest BCUT2D eigenvalue weighted by Gasteiger charge is 2.69. The molecule has 2 unspecified atom stereocenters. The minimum absolute atomic E-state index is 0.0402. The van der Waals surface area contributed by atoms with Crippen LogP contribution in [0, 0.1) is 11.3 Å². The second-order valence-electron chi connectivity index (χ2n) is 9.41. The number of Topliss-reactive ketones (excluding diaryl/α,β-unsaturated/α-hetero) is 1. The number of thioether (sulfide) groups is 1. The number of para-hydroxylation sites is 1. The van der Waals surface area contributed by atoms with E-state index in [4.69, 9.17) is 45.4 Å². The van der Waals surface area contributed by atoms with E-state index in [0.717, 1.165) is 17.7 Å². The molecule has 1 aromatic carbocycles. The fourth-order valence-corrected chi connectivity index (χ4v) is 6.82. The van der Waals surface area contributed by atoms with Crippen molar-refractivity contribution in [3.8, 4) is 0 Å². The molecule has 2 amide bonds. The van der Waals surface area contributed by atoms with Gasteiger partial charge >= 0.3 is 12.1 Å². The van der Waals surface area contributed by atoms with E-state index in [2.05, 4.69) is 4.84 Å². The molecule has 9 nitrogen and oxygen atoms in total. The number of benzene rings is 1. The van der Waals surface area contributed by atoms with Crippen molar-refractivity contribution in [2.45, 2.75) is 48.4 Å². The van der Waals surface area contributed by atoms with Gasteiger partial charge in [-0.3, -0.25) is 19.4 Å². The summed E-state index contributed by atoms with van der Waals surface area (Å²) in [5, 5.41) is -0.861. The maximum Gasteiger partial charge on any atom is 0.414 e. The molecule has 0 spiro atoms. The molecule has 4 rings (SSSR count). The van der Waals surface area contributed by atoms with Gasteiger partial charge in [-0.25, -0.2) is 9.59 Å². The number of nitrogens with two attached hydrogens (primary N) is 1. The van der Waals surface area contributed by atoms with E-state index in [1.54, 1.807) is 37.3 Å². The van der Waals surface area contributed by atoms with Crippen LogP contribution in [0.1, 0.15) is 33.1 Å². The number of ketones is 1. The van der Waals surface area contributed by atoms with Crippen LogP contribution in [-0.4, -0.2) is 56.2 Å². The fraction of sp³-hybridized carbons (Fsp3) is 0.500. The van der Waals surface area contributed by atoms with Gasteiger partial charge in [0.05, 0.1) is 6.54 Å². The van der Waals surface area contributed by atoms with Crippen molar-refractivity contribution in [2.75, 3.05) is 17.2 Å². The summed E-state index contributed by atoms with van der Waals surface area (Å²) < 4.78 is 3.67. The summed E-state index contributed by atoms with van der Waals surface area (Å²) in [6.45, 7) is 2.97. The summed E-state index contributed by atoms with van der Waals surface area (Å²) in [6.07, 6.45) is 0.447. The third-order valence-electron chi connectivity index (χ3n) is 6.80. The van der Waals surface area contributed by atoms with Gasteiger partial charge in [-0.15, -0.1) is 11.8 Å². The number of rotatable bonds is 8. The lowest BCUT2D eigenvalue weighted by atomic mass is 9.71. The topological polar surface area (TPSA) is 119 Å². The number of anilines is 1. The number of amides is 2. The lowest BCUT2D eigenvalue weighted by Crippen LogP contribution is -2.73. The molecule has 13 heteroatoms. The van der Waals surface area contributed by atoms with Crippen molar-refractivity contribution < 1.29 is 28.8 Å². The van der Waals surface area contributed by atoms with E-state index in [9.17, 15) is 19.2 Å². The normalized spacial score (nSPS) is 24.1. The number of ether oxygens (including phenoxy) is 1. The molecule has 0 aromatic heterocycles.